The van der Waals surface area contributed by atoms with E-state index in [0.29, 0.717) is 34.0 Å². The van der Waals surface area contributed by atoms with Gasteiger partial charge in [-0.05, 0) is 48.9 Å². The molecule has 6 heterocycles. The summed E-state index contributed by atoms with van der Waals surface area (Å²) >= 11 is 12.1. The molecule has 24 nitrogen and oxygen atoms in total. The van der Waals surface area contributed by atoms with E-state index in [1.54, 1.807) is 0 Å². The van der Waals surface area contributed by atoms with Gasteiger partial charge in [-0.2, -0.15) is 19.9 Å². The highest BCUT2D eigenvalue weighted by molar-refractivity contribution is 6.29. The molecule has 8 rings (SSSR count). The van der Waals surface area contributed by atoms with Crippen LogP contribution in [-0.4, -0.2) is 132 Å². The second kappa shape index (κ2) is 16.9. The van der Waals surface area contributed by atoms with Gasteiger partial charge in [0.2, 0.25) is 10.6 Å². The molecule has 8 atom stereocenters. The molecule has 4 aromatic rings. The molecule has 0 unspecified atom stereocenters. The van der Waals surface area contributed by atoms with Crippen LogP contribution < -0.4 is 10.6 Å². The molecule has 4 fully saturated rings. The van der Waals surface area contributed by atoms with Crippen LogP contribution in [0.5, 0.6) is 0 Å². The Balaban J connectivity index is 0.000000172. The molecular formula is C30H38Cl2N12O12. The lowest BCUT2D eigenvalue weighted by Gasteiger charge is -2.17. The Kier molecular flexibility index (Phi) is 12.0. The lowest BCUT2D eigenvalue weighted by molar-refractivity contribution is -0.759. The summed E-state index contributed by atoms with van der Waals surface area (Å²) in [6.07, 6.45) is 1.67. The topological polar surface area (TPSA) is 315 Å². The number of aromatic nitrogens is 8. The number of nitrogens with one attached hydrogen (secondary N) is 2. The van der Waals surface area contributed by atoms with Crippen molar-refractivity contribution < 1.29 is 49.7 Å². The summed E-state index contributed by atoms with van der Waals surface area (Å²) in [5.41, 5.74) is 1.53. The molecule has 0 amide bonds. The van der Waals surface area contributed by atoms with E-state index in [4.69, 9.17) is 32.7 Å². The third-order valence-electron chi connectivity index (χ3n) is 10.1. The summed E-state index contributed by atoms with van der Waals surface area (Å²) in [6.45, 7) is -1.03. The van der Waals surface area contributed by atoms with E-state index < -0.39 is 72.5 Å². The van der Waals surface area contributed by atoms with Crippen molar-refractivity contribution in [3.05, 3.63) is 43.5 Å². The molecule has 6 N–H and O–H groups in total. The molecule has 2 aliphatic heterocycles. The lowest BCUT2D eigenvalue weighted by atomic mass is 10.1. The Labute approximate surface area is 325 Å². The number of imidazole rings is 2. The third kappa shape index (κ3) is 8.41. The second-order valence-electron chi connectivity index (χ2n) is 13.7. The van der Waals surface area contributed by atoms with Gasteiger partial charge in [-0.25, -0.2) is 9.97 Å². The number of hydrogen-bond donors (Lipinski definition) is 6. The predicted molar refractivity (Wildman–Crippen MR) is 190 cm³/mol. The molecule has 2 aliphatic carbocycles. The maximum absolute atomic E-state index is 10.4. The van der Waals surface area contributed by atoms with Crippen molar-refractivity contribution in [3.63, 3.8) is 0 Å². The molecule has 0 bridgehead atoms. The molecule has 26 heteroatoms. The van der Waals surface area contributed by atoms with E-state index in [1.807, 2.05) is 0 Å². The fourth-order valence-corrected chi connectivity index (χ4v) is 7.67. The van der Waals surface area contributed by atoms with Crippen LogP contribution in [0.3, 0.4) is 0 Å². The largest absolute Gasteiger partial charge is 0.387 e. The molecule has 0 aromatic carbocycles. The first kappa shape index (κ1) is 39.7. The summed E-state index contributed by atoms with van der Waals surface area (Å²) in [6, 6.07) is 0.552. The minimum atomic E-state index is -1.38. The van der Waals surface area contributed by atoms with Gasteiger partial charge in [0, 0.05) is 12.1 Å². The van der Waals surface area contributed by atoms with Crippen LogP contribution in [0.4, 0.5) is 11.6 Å². The third-order valence-corrected chi connectivity index (χ3v) is 10.4. The highest BCUT2D eigenvalue weighted by atomic mass is 35.5. The van der Waals surface area contributed by atoms with Crippen LogP contribution in [0.25, 0.3) is 22.3 Å². The first-order valence-electron chi connectivity index (χ1n) is 17.8. The highest BCUT2D eigenvalue weighted by Gasteiger charge is 2.46. The lowest BCUT2D eigenvalue weighted by Crippen LogP contribution is -2.34. The molecule has 304 valence electrons. The first-order valence-corrected chi connectivity index (χ1v) is 18.5. The number of rotatable bonds is 12. The quantitative estimate of drug-likeness (QED) is 0.0666. The number of nitrogens with zero attached hydrogens (tertiary/aromatic N) is 10. The van der Waals surface area contributed by atoms with Gasteiger partial charge >= 0.3 is 0 Å². The molecular weight excluding hydrogens is 791 g/mol. The van der Waals surface area contributed by atoms with Crippen LogP contribution in [0.15, 0.2) is 12.7 Å². The van der Waals surface area contributed by atoms with Gasteiger partial charge in [0.25, 0.3) is 10.2 Å². The molecule has 2 saturated carbocycles. The summed E-state index contributed by atoms with van der Waals surface area (Å²) < 4.78 is 14.0. The maximum Gasteiger partial charge on any atom is 0.294 e. The number of anilines is 2. The van der Waals surface area contributed by atoms with Gasteiger partial charge in [0.05, 0.1) is 12.7 Å². The van der Waals surface area contributed by atoms with Crippen molar-refractivity contribution in [1.29, 1.82) is 0 Å². The molecule has 0 radical (unpaired) electrons. The molecule has 0 spiro atoms. The van der Waals surface area contributed by atoms with Gasteiger partial charge in [-0.3, -0.25) is 9.13 Å². The van der Waals surface area contributed by atoms with Crippen molar-refractivity contribution >= 4 is 57.2 Å². The number of halogens is 2. The fourth-order valence-electron chi connectivity index (χ4n) is 7.34. The van der Waals surface area contributed by atoms with E-state index in [0.717, 1.165) is 51.4 Å². The van der Waals surface area contributed by atoms with E-state index in [9.17, 15) is 40.7 Å². The van der Waals surface area contributed by atoms with Crippen molar-refractivity contribution in [2.24, 2.45) is 0 Å². The van der Waals surface area contributed by atoms with Gasteiger partial charge < -0.3 is 50.2 Å². The van der Waals surface area contributed by atoms with Gasteiger partial charge in [0.1, 0.15) is 49.8 Å². The van der Waals surface area contributed by atoms with E-state index >= 15 is 0 Å². The number of fused-ring (bicyclic) bond motifs is 2. The normalized spacial score (nSPS) is 28.1. The van der Waals surface area contributed by atoms with Crippen molar-refractivity contribution in [3.8, 4) is 0 Å². The van der Waals surface area contributed by atoms with Gasteiger partial charge in [0.15, 0.2) is 46.4 Å². The van der Waals surface area contributed by atoms with E-state index in [1.165, 1.54) is 21.8 Å². The average Bonchev–Trinajstić information content (AvgIpc) is 4.02. The SMILES string of the molecule is O=[N+]([O-])OC[C@H]1O[C@@H](n2cnc3c(NC4CCCC4)nc(Cl)nc32)[C@H](O)[C@@H]1O.O=[N+]([O-])OC[C@H]1O[C@@H](n2cnc3c(NC4CCCC4)nc(Cl)nc32)[C@H](O)[C@@H]1O. The highest BCUT2D eigenvalue weighted by Crippen LogP contribution is 2.35. The second-order valence-corrected chi connectivity index (χ2v) is 14.4. The van der Waals surface area contributed by atoms with Crippen molar-refractivity contribution in [2.75, 3.05) is 23.8 Å². The monoisotopic (exact) mass is 828 g/mol. The van der Waals surface area contributed by atoms with Crippen LogP contribution in [-0.2, 0) is 19.1 Å². The summed E-state index contributed by atoms with van der Waals surface area (Å²) in [5.74, 6) is 0.976. The zero-order valence-corrected chi connectivity index (χ0v) is 30.8. The molecule has 2 saturated heterocycles. The van der Waals surface area contributed by atoms with Crippen LogP contribution in [0, 0.1) is 20.2 Å². The van der Waals surface area contributed by atoms with Crippen LogP contribution in [0.2, 0.25) is 10.6 Å². The van der Waals surface area contributed by atoms with Gasteiger partial charge in [-0.15, -0.1) is 20.2 Å². The Morgan fingerprint density at radius 3 is 1.41 bits per heavy atom. The van der Waals surface area contributed by atoms with Crippen molar-refractivity contribution in [2.45, 2.75) is 113 Å². The van der Waals surface area contributed by atoms with Crippen LogP contribution in [0.1, 0.15) is 63.8 Å². The minimum Gasteiger partial charge on any atom is -0.387 e. The van der Waals surface area contributed by atoms with Gasteiger partial charge in [-0.1, -0.05) is 25.7 Å². The Morgan fingerprint density at radius 2 is 1.05 bits per heavy atom. The smallest absolute Gasteiger partial charge is 0.294 e. The maximum atomic E-state index is 10.4. The summed E-state index contributed by atoms with van der Waals surface area (Å²) in [4.78, 5) is 54.7. The number of aliphatic hydroxyl groups is 4. The summed E-state index contributed by atoms with van der Waals surface area (Å²) in [7, 11) is 0. The first-order chi connectivity index (χ1) is 26.9. The van der Waals surface area contributed by atoms with Crippen molar-refractivity contribution in [1.82, 2.24) is 39.0 Å². The Hall–Kier alpha value is -4.56. The molecule has 4 aliphatic rings. The van der Waals surface area contributed by atoms with E-state index in [2.05, 4.69) is 50.2 Å². The Morgan fingerprint density at radius 1 is 0.679 bits per heavy atom. The predicted octanol–water partition coefficient (Wildman–Crippen LogP) is 1.32. The number of hydrogen-bond acceptors (Lipinski definition) is 20. The zero-order valence-electron chi connectivity index (χ0n) is 29.3. The number of aliphatic hydroxyl groups excluding tert-OH is 4. The number of ether oxygens (including phenoxy) is 2. The zero-order chi connectivity index (χ0) is 39.7. The Bertz CT molecular complexity index is 1890. The fraction of sp³-hybridized carbons (Fsp3) is 0.667. The standard InChI is InChI=1S/2C15H19ClN6O6/c2*16-15-19-12(18-7-3-1-2-4-7)9-13(20-15)21(6-17-9)14-11(24)10(23)8(28-14)5-27-22(25)26/h2*6-8,10-11,14,23-24H,1-5H2,(H,18,19,20)/t2*8-,10-,11-,14-/m11/s1. The summed E-state index contributed by atoms with van der Waals surface area (Å²) in [5, 5.41) is 66.4. The van der Waals surface area contributed by atoms with E-state index in [-0.39, 0.29) is 22.7 Å². The molecule has 56 heavy (non-hydrogen) atoms. The van der Waals surface area contributed by atoms with Crippen LogP contribution >= 0.6 is 23.2 Å². The minimum absolute atomic E-state index is 0.00369. The average molecular weight is 830 g/mol. The molecule has 4 aromatic heterocycles.